The van der Waals surface area contributed by atoms with E-state index in [9.17, 15) is 8.42 Å². The highest BCUT2D eigenvalue weighted by Crippen LogP contribution is 2.08. The van der Waals surface area contributed by atoms with Crippen molar-refractivity contribution in [2.75, 3.05) is 14.1 Å². The predicted octanol–water partition coefficient (Wildman–Crippen LogP) is 2.42. The van der Waals surface area contributed by atoms with Crippen LogP contribution in [0.1, 0.15) is 30.0 Å². The van der Waals surface area contributed by atoms with Gasteiger partial charge in [0.2, 0.25) is 10.0 Å². The van der Waals surface area contributed by atoms with Crippen molar-refractivity contribution < 1.29 is 8.42 Å². The normalized spacial score (nSPS) is 13.2. The molecule has 152 valence electrons. The van der Waals surface area contributed by atoms with Gasteiger partial charge in [0.25, 0.3) is 0 Å². The average Bonchev–Trinajstić information content (AvgIpc) is 2.71. The Labute approximate surface area is 168 Å². The molecular formula is C21H30N4O2S. The van der Waals surface area contributed by atoms with Gasteiger partial charge in [-0.25, -0.2) is 13.1 Å². The van der Waals surface area contributed by atoms with E-state index < -0.39 is 10.0 Å². The van der Waals surface area contributed by atoms with Gasteiger partial charge < -0.3 is 10.6 Å². The number of guanidine groups is 1. The summed E-state index contributed by atoms with van der Waals surface area (Å²) in [4.78, 5) is 4.28. The summed E-state index contributed by atoms with van der Waals surface area (Å²) in [6.07, 6.45) is 2.03. The van der Waals surface area contributed by atoms with Crippen LogP contribution in [0.4, 0.5) is 0 Å². The summed E-state index contributed by atoms with van der Waals surface area (Å²) in [6, 6.07) is 18.3. The third-order valence-electron chi connectivity index (χ3n) is 4.47. The molecule has 3 N–H and O–H groups in total. The zero-order chi connectivity index (χ0) is 20.4. The molecule has 28 heavy (non-hydrogen) atoms. The second-order valence-corrected chi connectivity index (χ2v) is 8.70. The Bertz CT molecular complexity index is 850. The first-order valence-electron chi connectivity index (χ1n) is 9.42. The summed E-state index contributed by atoms with van der Waals surface area (Å²) in [6.45, 7) is 2.76. The molecule has 2 aromatic carbocycles. The highest BCUT2D eigenvalue weighted by molar-refractivity contribution is 7.88. The van der Waals surface area contributed by atoms with Crippen molar-refractivity contribution >= 4 is 16.0 Å². The van der Waals surface area contributed by atoms with Gasteiger partial charge in [0.05, 0.1) is 5.75 Å². The van der Waals surface area contributed by atoms with E-state index in [4.69, 9.17) is 0 Å². The minimum Gasteiger partial charge on any atom is -0.354 e. The summed E-state index contributed by atoms with van der Waals surface area (Å²) in [7, 11) is -0.0703. The van der Waals surface area contributed by atoms with Gasteiger partial charge in [-0.1, -0.05) is 54.6 Å². The van der Waals surface area contributed by atoms with E-state index in [1.165, 1.54) is 12.6 Å². The number of nitrogens with zero attached hydrogens (tertiary/aromatic N) is 1. The van der Waals surface area contributed by atoms with Gasteiger partial charge in [-0.3, -0.25) is 4.99 Å². The smallest absolute Gasteiger partial charge is 0.215 e. The Morgan fingerprint density at radius 3 is 2.25 bits per heavy atom. The number of rotatable bonds is 9. The molecule has 1 atom stereocenters. The van der Waals surface area contributed by atoms with Crippen molar-refractivity contribution in [3.8, 4) is 0 Å². The number of aryl methyl sites for hydroxylation is 1. The summed E-state index contributed by atoms with van der Waals surface area (Å²) in [5.74, 6) is 0.738. The summed E-state index contributed by atoms with van der Waals surface area (Å²) in [5, 5.41) is 6.71. The third kappa shape index (κ3) is 7.70. The van der Waals surface area contributed by atoms with Gasteiger partial charge in [-0.05, 0) is 43.5 Å². The van der Waals surface area contributed by atoms with Crippen LogP contribution in [-0.2, 0) is 28.7 Å². The Hall–Kier alpha value is -2.38. The number of benzene rings is 2. The third-order valence-corrected chi connectivity index (χ3v) is 5.80. The number of hydrogen-bond acceptors (Lipinski definition) is 3. The Kier molecular flexibility index (Phi) is 8.47. The zero-order valence-electron chi connectivity index (χ0n) is 16.8. The lowest BCUT2D eigenvalue weighted by molar-refractivity contribution is 0.587. The first-order valence-corrected chi connectivity index (χ1v) is 11.1. The zero-order valence-corrected chi connectivity index (χ0v) is 17.6. The number of hydrogen-bond donors (Lipinski definition) is 3. The summed E-state index contributed by atoms with van der Waals surface area (Å²) < 4.78 is 25.5. The number of aliphatic imine (C=N–C) groups is 1. The maximum Gasteiger partial charge on any atom is 0.215 e. The van der Waals surface area contributed by atoms with Crippen molar-refractivity contribution in [1.29, 1.82) is 0 Å². The van der Waals surface area contributed by atoms with E-state index >= 15 is 0 Å². The largest absolute Gasteiger partial charge is 0.354 e. The lowest BCUT2D eigenvalue weighted by Gasteiger charge is -2.18. The molecule has 1 unspecified atom stereocenters. The number of nitrogens with one attached hydrogen (secondary N) is 3. The predicted molar refractivity (Wildman–Crippen MR) is 116 cm³/mol. The molecule has 0 aliphatic heterocycles. The first-order chi connectivity index (χ1) is 13.4. The van der Waals surface area contributed by atoms with Crippen LogP contribution in [0.5, 0.6) is 0 Å². The molecule has 0 aliphatic carbocycles. The van der Waals surface area contributed by atoms with Gasteiger partial charge in [-0.15, -0.1) is 0 Å². The topological polar surface area (TPSA) is 82.6 Å². The first kappa shape index (κ1) is 21.9. The Morgan fingerprint density at radius 2 is 1.64 bits per heavy atom. The quantitative estimate of drug-likeness (QED) is 0.444. The maximum atomic E-state index is 11.6. The Morgan fingerprint density at radius 1 is 1.00 bits per heavy atom. The second kappa shape index (κ2) is 10.8. The van der Waals surface area contributed by atoms with Crippen LogP contribution >= 0.6 is 0 Å². The molecular weight excluding hydrogens is 372 g/mol. The fourth-order valence-electron chi connectivity index (χ4n) is 2.76. The lowest BCUT2D eigenvalue weighted by Crippen LogP contribution is -2.42. The molecule has 0 fully saturated rings. The van der Waals surface area contributed by atoms with Gasteiger partial charge in [0, 0.05) is 19.6 Å². The molecule has 0 heterocycles. The molecule has 0 spiro atoms. The molecule has 0 radical (unpaired) electrons. The maximum absolute atomic E-state index is 11.6. The lowest BCUT2D eigenvalue weighted by atomic mass is 10.1. The molecule has 2 aromatic rings. The van der Waals surface area contributed by atoms with Crippen LogP contribution < -0.4 is 15.4 Å². The SMILES string of the molecule is CN=C(NCc1ccc(CS(=O)(=O)NC)cc1)NC(C)CCc1ccccc1. The van der Waals surface area contributed by atoms with E-state index in [-0.39, 0.29) is 5.75 Å². The minimum absolute atomic E-state index is 0.0145. The highest BCUT2D eigenvalue weighted by atomic mass is 32.2. The van der Waals surface area contributed by atoms with Crippen molar-refractivity contribution in [2.45, 2.75) is 38.1 Å². The number of sulfonamides is 1. The van der Waals surface area contributed by atoms with Gasteiger partial charge in [0.15, 0.2) is 5.96 Å². The molecule has 6 nitrogen and oxygen atoms in total. The molecule has 0 saturated carbocycles. The van der Waals surface area contributed by atoms with Crippen LogP contribution in [0.2, 0.25) is 0 Å². The molecule has 0 aromatic heterocycles. The fourth-order valence-corrected chi connectivity index (χ4v) is 3.53. The van der Waals surface area contributed by atoms with E-state index in [1.54, 1.807) is 7.05 Å². The summed E-state index contributed by atoms with van der Waals surface area (Å²) in [5.41, 5.74) is 3.15. The average molecular weight is 403 g/mol. The Balaban J connectivity index is 1.79. The van der Waals surface area contributed by atoms with Gasteiger partial charge in [-0.2, -0.15) is 0 Å². The van der Waals surface area contributed by atoms with Crippen molar-refractivity contribution in [1.82, 2.24) is 15.4 Å². The van der Waals surface area contributed by atoms with Crippen molar-refractivity contribution in [3.63, 3.8) is 0 Å². The van der Waals surface area contributed by atoms with Crippen LogP contribution in [0.15, 0.2) is 59.6 Å². The minimum atomic E-state index is -3.25. The van der Waals surface area contributed by atoms with Crippen molar-refractivity contribution in [2.24, 2.45) is 4.99 Å². The van der Waals surface area contributed by atoms with Gasteiger partial charge >= 0.3 is 0 Å². The molecule has 0 saturated heterocycles. The van der Waals surface area contributed by atoms with Crippen LogP contribution in [0.25, 0.3) is 0 Å². The van der Waals surface area contributed by atoms with Crippen molar-refractivity contribution in [3.05, 3.63) is 71.3 Å². The highest BCUT2D eigenvalue weighted by Gasteiger charge is 2.09. The van der Waals surface area contributed by atoms with Crippen LogP contribution in [-0.4, -0.2) is 34.5 Å². The van der Waals surface area contributed by atoms with E-state index in [0.29, 0.717) is 12.6 Å². The molecule has 0 aliphatic rings. The fraction of sp³-hybridized carbons (Fsp3) is 0.381. The standard InChI is InChI=1S/C21H30N4O2S/c1-17(9-10-18-7-5-4-6-8-18)25-21(22-2)24-15-19-11-13-20(14-12-19)16-28(26,27)23-3/h4-8,11-14,17,23H,9-10,15-16H2,1-3H3,(H2,22,24,25). The monoisotopic (exact) mass is 402 g/mol. The van der Waals surface area contributed by atoms with Gasteiger partial charge in [0.1, 0.15) is 0 Å². The molecule has 7 heteroatoms. The van der Waals surface area contributed by atoms with E-state index in [0.717, 1.165) is 29.9 Å². The van der Waals surface area contributed by atoms with E-state index in [1.807, 2.05) is 30.3 Å². The second-order valence-electron chi connectivity index (χ2n) is 6.78. The van der Waals surface area contributed by atoms with E-state index in [2.05, 4.69) is 51.5 Å². The molecule has 0 amide bonds. The van der Waals surface area contributed by atoms with Crippen LogP contribution in [0.3, 0.4) is 0 Å². The molecule has 0 bridgehead atoms. The molecule has 2 rings (SSSR count). The van der Waals surface area contributed by atoms with Crippen LogP contribution in [0, 0.1) is 0 Å². The summed E-state index contributed by atoms with van der Waals surface area (Å²) >= 11 is 0.